The summed E-state index contributed by atoms with van der Waals surface area (Å²) >= 11 is 0. The molecule has 3 rings (SSSR count). The highest BCUT2D eigenvalue weighted by molar-refractivity contribution is 5.90. The minimum atomic E-state index is -1.17. The van der Waals surface area contributed by atoms with Gasteiger partial charge in [0, 0.05) is 50.3 Å². The highest BCUT2D eigenvalue weighted by Gasteiger charge is 2.27. The van der Waals surface area contributed by atoms with Gasteiger partial charge in [-0.15, -0.1) is 0 Å². The molecule has 10 heteroatoms. The first-order valence-electron chi connectivity index (χ1n) is 15.3. The van der Waals surface area contributed by atoms with Gasteiger partial charge in [-0.2, -0.15) is 0 Å². The van der Waals surface area contributed by atoms with Crippen LogP contribution in [0.2, 0.25) is 0 Å². The third-order valence-corrected chi connectivity index (χ3v) is 7.95. The van der Waals surface area contributed by atoms with Gasteiger partial charge in [0.2, 0.25) is 11.8 Å². The Morgan fingerprint density at radius 1 is 1.02 bits per heavy atom. The number of rotatable bonds is 15. The first kappa shape index (κ1) is 35.8. The lowest BCUT2D eigenvalue weighted by molar-refractivity contribution is -0.142. The van der Waals surface area contributed by atoms with Gasteiger partial charge in [0.15, 0.2) is 0 Å². The molecular formula is C36H45N3O7. The Morgan fingerprint density at radius 3 is 2.35 bits per heavy atom. The first-order valence-corrected chi connectivity index (χ1v) is 15.3. The average molecular weight is 632 g/mol. The molecule has 0 aliphatic carbocycles. The number of hydrogen-bond donors (Lipinski definition) is 3. The number of carboxylic acids is 1. The average Bonchev–Trinajstić information content (AvgIpc) is 3.01. The number of hydrogen-bond acceptors (Lipinski definition) is 7. The molecule has 0 unspecified atom stereocenters. The number of anilines is 1. The molecule has 5 atom stereocenters. The normalized spacial score (nSPS) is 15.2. The molecule has 1 heterocycles. The number of ether oxygens (including phenoxy) is 1. The number of nitrogens with zero attached hydrogens (tertiary/aromatic N) is 1. The monoisotopic (exact) mass is 631 g/mol. The zero-order chi connectivity index (χ0) is 34.0. The quantitative estimate of drug-likeness (QED) is 0.165. The van der Waals surface area contributed by atoms with E-state index in [1.54, 1.807) is 32.2 Å². The van der Waals surface area contributed by atoms with E-state index in [9.17, 15) is 24.3 Å². The smallest absolute Gasteiger partial charge is 0.336 e. The molecule has 0 saturated carbocycles. The highest BCUT2D eigenvalue weighted by atomic mass is 16.5. The lowest BCUT2D eigenvalue weighted by Gasteiger charge is -2.23. The zero-order valence-corrected chi connectivity index (χ0v) is 27.6. The third-order valence-electron chi connectivity index (χ3n) is 7.95. The van der Waals surface area contributed by atoms with E-state index < -0.39 is 41.4 Å². The summed E-state index contributed by atoms with van der Waals surface area (Å²) in [6.45, 7) is 6.99. The van der Waals surface area contributed by atoms with Gasteiger partial charge >= 0.3 is 11.6 Å². The van der Waals surface area contributed by atoms with Gasteiger partial charge in [-0.05, 0) is 43.5 Å². The fourth-order valence-corrected chi connectivity index (χ4v) is 5.13. The van der Waals surface area contributed by atoms with Gasteiger partial charge < -0.3 is 29.8 Å². The fraction of sp³-hybridized carbons (Fsp3) is 0.389. The second-order valence-electron chi connectivity index (χ2n) is 11.9. The lowest BCUT2D eigenvalue weighted by atomic mass is 9.94. The highest BCUT2D eigenvalue weighted by Crippen LogP contribution is 2.23. The van der Waals surface area contributed by atoms with Crippen molar-refractivity contribution < 1.29 is 28.6 Å². The molecule has 3 aromatic rings. The maximum atomic E-state index is 13.4. The van der Waals surface area contributed by atoms with Crippen LogP contribution >= 0.6 is 0 Å². The van der Waals surface area contributed by atoms with Crippen molar-refractivity contribution in [2.45, 2.75) is 58.7 Å². The summed E-state index contributed by atoms with van der Waals surface area (Å²) in [5.74, 6) is -2.85. The maximum Gasteiger partial charge on any atom is 0.336 e. The number of allylic oxidation sites excluding steroid dienone is 2. The molecule has 0 saturated heterocycles. The van der Waals surface area contributed by atoms with E-state index in [2.05, 4.69) is 35.8 Å². The topological polar surface area (TPSA) is 138 Å². The van der Waals surface area contributed by atoms with Crippen molar-refractivity contribution in [1.82, 2.24) is 10.6 Å². The van der Waals surface area contributed by atoms with Crippen LogP contribution in [0.25, 0.3) is 11.0 Å². The molecule has 0 fully saturated rings. The lowest BCUT2D eigenvalue weighted by Crippen LogP contribution is -2.48. The van der Waals surface area contributed by atoms with Crippen molar-refractivity contribution in [3.63, 3.8) is 0 Å². The number of methoxy groups -OCH3 is 1. The van der Waals surface area contributed by atoms with Gasteiger partial charge in [0.25, 0.3) is 0 Å². The van der Waals surface area contributed by atoms with Crippen LogP contribution in [0.3, 0.4) is 0 Å². The zero-order valence-electron chi connectivity index (χ0n) is 27.6. The number of aliphatic carboxylic acids is 1. The van der Waals surface area contributed by atoms with Gasteiger partial charge in [-0.3, -0.25) is 14.4 Å². The van der Waals surface area contributed by atoms with E-state index in [0.717, 1.165) is 17.7 Å². The minimum Gasteiger partial charge on any atom is -0.480 e. The van der Waals surface area contributed by atoms with Crippen LogP contribution in [0.15, 0.2) is 87.6 Å². The molecule has 0 aliphatic heterocycles. The number of carboxylic acid groups (broad SMARTS) is 1. The fourth-order valence-electron chi connectivity index (χ4n) is 5.13. The van der Waals surface area contributed by atoms with Crippen LogP contribution in [0.4, 0.5) is 5.69 Å². The molecule has 2 amide bonds. The second-order valence-corrected chi connectivity index (χ2v) is 11.9. The van der Waals surface area contributed by atoms with E-state index in [-0.39, 0.29) is 18.4 Å². The van der Waals surface area contributed by atoms with Gasteiger partial charge in [0.1, 0.15) is 11.6 Å². The van der Waals surface area contributed by atoms with E-state index in [4.69, 9.17) is 9.15 Å². The second kappa shape index (κ2) is 16.6. The summed E-state index contributed by atoms with van der Waals surface area (Å²) in [6, 6.07) is 14.9. The Labute approximate surface area is 270 Å². The molecule has 0 bridgehead atoms. The van der Waals surface area contributed by atoms with Crippen molar-refractivity contribution >= 4 is 34.4 Å². The molecule has 0 radical (unpaired) electrons. The van der Waals surface area contributed by atoms with Crippen LogP contribution in [0.1, 0.15) is 38.8 Å². The van der Waals surface area contributed by atoms with Gasteiger partial charge in [-0.25, -0.2) is 4.79 Å². The number of nitrogens with one attached hydrogen (secondary N) is 2. The van der Waals surface area contributed by atoms with Crippen LogP contribution < -0.4 is 21.2 Å². The molecule has 1 aromatic heterocycles. The standard InChI is InChI=1S/C36H45N3O7/c1-22(17-23(2)31(45-7)18-26-11-9-8-10-12-26)13-16-30(24(3)35(42)37-25(4)36(43)44)38-33(40)19-27-20-34(41)46-32-21-28(39(5)6)14-15-29(27)32/h8-17,20-21,23-25,30-31H,18-19H2,1-7H3,(H,37,42)(H,38,40)(H,43,44)/b16-13-,22-17+/t23-,24-,25+,30-,31-/m0/s1. The summed E-state index contributed by atoms with van der Waals surface area (Å²) in [5.41, 5.74) is 3.19. The summed E-state index contributed by atoms with van der Waals surface area (Å²) < 4.78 is 11.2. The maximum absolute atomic E-state index is 13.4. The summed E-state index contributed by atoms with van der Waals surface area (Å²) in [5, 5.41) is 15.3. The number of carbonyl (C=O) groups is 3. The largest absolute Gasteiger partial charge is 0.480 e. The SMILES string of the molecule is CO[C@@H](Cc1ccccc1)[C@@H](C)/C=C(C)/C=C\[C@H](NC(=O)Cc1cc(=O)oc2cc(N(C)C)ccc12)[C@H](C)C(=O)N[C@H](C)C(=O)O. The summed E-state index contributed by atoms with van der Waals surface area (Å²) in [6.07, 6.45) is 6.18. The van der Waals surface area contributed by atoms with E-state index in [1.807, 2.05) is 56.3 Å². The molecule has 46 heavy (non-hydrogen) atoms. The van der Waals surface area contributed by atoms with Crippen LogP contribution in [0, 0.1) is 11.8 Å². The molecule has 10 nitrogen and oxygen atoms in total. The molecule has 3 N–H and O–H groups in total. The van der Waals surface area contributed by atoms with Crippen molar-refractivity contribution in [2.75, 3.05) is 26.1 Å². The number of benzene rings is 2. The first-order chi connectivity index (χ1) is 21.8. The van der Waals surface area contributed by atoms with Crippen LogP contribution in [-0.2, 0) is 32.0 Å². The van der Waals surface area contributed by atoms with Crippen molar-refractivity contribution in [1.29, 1.82) is 0 Å². The van der Waals surface area contributed by atoms with Crippen molar-refractivity contribution in [2.24, 2.45) is 11.8 Å². The molecule has 246 valence electrons. The van der Waals surface area contributed by atoms with E-state index in [0.29, 0.717) is 16.5 Å². The van der Waals surface area contributed by atoms with Crippen molar-refractivity contribution in [3.05, 3.63) is 99.9 Å². The minimum absolute atomic E-state index is 0.0596. The summed E-state index contributed by atoms with van der Waals surface area (Å²) in [7, 11) is 5.43. The Balaban J connectivity index is 1.84. The number of fused-ring (bicyclic) bond motifs is 1. The third kappa shape index (κ3) is 10.2. The molecule has 0 aliphatic rings. The summed E-state index contributed by atoms with van der Waals surface area (Å²) in [4.78, 5) is 52.0. The predicted molar refractivity (Wildman–Crippen MR) is 180 cm³/mol. The Hall–Kier alpha value is -4.70. The Kier molecular flexibility index (Phi) is 12.9. The number of amides is 2. The van der Waals surface area contributed by atoms with Gasteiger partial charge in [0.05, 0.1) is 24.5 Å². The Bertz CT molecular complexity index is 1630. The van der Waals surface area contributed by atoms with Crippen molar-refractivity contribution in [3.8, 4) is 0 Å². The predicted octanol–water partition coefficient (Wildman–Crippen LogP) is 4.51. The molecule has 2 aromatic carbocycles. The molecular weight excluding hydrogens is 586 g/mol. The van der Waals surface area contributed by atoms with E-state index in [1.165, 1.54) is 18.6 Å². The molecule has 0 spiro atoms. The van der Waals surface area contributed by atoms with Crippen LogP contribution in [0.5, 0.6) is 0 Å². The van der Waals surface area contributed by atoms with Crippen LogP contribution in [-0.4, -0.2) is 62.3 Å². The van der Waals surface area contributed by atoms with E-state index >= 15 is 0 Å². The van der Waals surface area contributed by atoms with Gasteiger partial charge in [-0.1, -0.05) is 68.0 Å². The Morgan fingerprint density at radius 2 is 1.72 bits per heavy atom. The number of carbonyl (C=O) groups excluding carboxylic acids is 2.